The smallest absolute Gasteiger partial charge is 0.207 e. The monoisotopic (exact) mass is 423 g/mol. The van der Waals surface area contributed by atoms with Crippen molar-refractivity contribution < 1.29 is 8.42 Å². The van der Waals surface area contributed by atoms with Gasteiger partial charge in [-0.3, -0.25) is 0 Å². The van der Waals surface area contributed by atoms with Gasteiger partial charge in [0.1, 0.15) is 0 Å². The maximum atomic E-state index is 12.4. The molecular formula is C12H11Br2NO2S2. The molecule has 0 fully saturated rings. The Hall–Kier alpha value is -0.210. The second-order valence-electron chi connectivity index (χ2n) is 3.92. The number of rotatable bonds is 4. The molecule has 19 heavy (non-hydrogen) atoms. The van der Waals surface area contributed by atoms with E-state index in [1.165, 1.54) is 15.6 Å². The molecule has 0 unspecified atom stereocenters. The first-order chi connectivity index (χ1) is 8.89. The number of benzene rings is 1. The highest BCUT2D eigenvalue weighted by Crippen LogP contribution is 2.25. The van der Waals surface area contributed by atoms with Gasteiger partial charge >= 0.3 is 0 Å². The van der Waals surface area contributed by atoms with Gasteiger partial charge in [-0.25, -0.2) is 8.42 Å². The second kappa shape index (κ2) is 6.05. The lowest BCUT2D eigenvalue weighted by Crippen LogP contribution is -2.26. The molecule has 0 saturated heterocycles. The normalized spacial score (nSPS) is 12.0. The molecule has 0 N–H and O–H groups in total. The van der Waals surface area contributed by atoms with Crippen LogP contribution in [0, 0.1) is 0 Å². The Kier molecular flexibility index (Phi) is 4.84. The van der Waals surface area contributed by atoms with E-state index in [0.717, 1.165) is 13.1 Å². The van der Waals surface area contributed by atoms with E-state index in [0.29, 0.717) is 11.4 Å². The topological polar surface area (TPSA) is 37.4 Å². The fraction of sp³-hybridized carbons (Fsp3) is 0.167. The molecule has 1 heterocycles. The number of halogens is 2. The highest BCUT2D eigenvalue weighted by molar-refractivity contribution is 9.11. The van der Waals surface area contributed by atoms with Crippen LogP contribution in [0.3, 0.4) is 0 Å². The lowest BCUT2D eigenvalue weighted by molar-refractivity contribution is 0.469. The molecule has 2 rings (SSSR count). The Balaban J connectivity index is 2.24. The Morgan fingerprint density at radius 2 is 1.95 bits per heavy atom. The van der Waals surface area contributed by atoms with Gasteiger partial charge < -0.3 is 0 Å². The molecular weight excluding hydrogens is 414 g/mol. The van der Waals surface area contributed by atoms with Crippen molar-refractivity contribution >= 4 is 53.2 Å². The van der Waals surface area contributed by atoms with Crippen LogP contribution in [0.1, 0.15) is 4.88 Å². The molecule has 1 aromatic carbocycles. The van der Waals surface area contributed by atoms with Crippen LogP contribution in [-0.2, 0) is 16.6 Å². The van der Waals surface area contributed by atoms with Crippen LogP contribution in [0.15, 0.2) is 49.6 Å². The van der Waals surface area contributed by atoms with Crippen LogP contribution in [0.2, 0.25) is 0 Å². The van der Waals surface area contributed by atoms with Crippen LogP contribution >= 0.6 is 43.2 Å². The standard InChI is InChI=1S/C12H11Br2NO2S2/c1-15(8-10-5-6-12(14)18-10)19(16,17)11-4-2-3-9(13)7-11/h2-7H,8H2,1H3. The molecule has 0 saturated carbocycles. The predicted octanol–water partition coefficient (Wildman–Crippen LogP) is 4.09. The van der Waals surface area contributed by atoms with Gasteiger partial charge in [-0.15, -0.1) is 11.3 Å². The largest absolute Gasteiger partial charge is 0.243 e. The van der Waals surface area contributed by atoms with Crippen LogP contribution < -0.4 is 0 Å². The van der Waals surface area contributed by atoms with Gasteiger partial charge in [-0.05, 0) is 46.3 Å². The zero-order chi connectivity index (χ0) is 14.0. The fourth-order valence-electron chi connectivity index (χ4n) is 1.55. The molecule has 1 aromatic heterocycles. The molecule has 0 aliphatic carbocycles. The van der Waals surface area contributed by atoms with Gasteiger partial charge in [-0.1, -0.05) is 22.0 Å². The Morgan fingerprint density at radius 1 is 1.21 bits per heavy atom. The van der Waals surface area contributed by atoms with Gasteiger partial charge in [0.2, 0.25) is 10.0 Å². The average Bonchev–Trinajstić information content (AvgIpc) is 2.74. The van der Waals surface area contributed by atoms with E-state index in [2.05, 4.69) is 31.9 Å². The Labute approximate surface area is 133 Å². The van der Waals surface area contributed by atoms with Gasteiger partial charge in [0.15, 0.2) is 0 Å². The minimum atomic E-state index is -3.46. The van der Waals surface area contributed by atoms with Crippen LogP contribution in [0.25, 0.3) is 0 Å². The van der Waals surface area contributed by atoms with E-state index in [1.807, 2.05) is 12.1 Å². The second-order valence-corrected chi connectivity index (χ2v) is 9.43. The fourth-order valence-corrected chi connectivity index (χ4v) is 4.91. The highest BCUT2D eigenvalue weighted by Gasteiger charge is 2.21. The number of nitrogens with zero attached hydrogens (tertiary/aromatic N) is 1. The third-order valence-corrected chi connectivity index (χ3v) is 6.41. The van der Waals surface area contributed by atoms with Crippen molar-refractivity contribution in [2.24, 2.45) is 0 Å². The first-order valence-electron chi connectivity index (χ1n) is 5.36. The van der Waals surface area contributed by atoms with Crippen molar-refractivity contribution in [3.63, 3.8) is 0 Å². The zero-order valence-corrected chi connectivity index (χ0v) is 14.8. The summed E-state index contributed by atoms with van der Waals surface area (Å²) < 4.78 is 27.9. The minimum absolute atomic E-state index is 0.292. The molecule has 3 nitrogen and oxygen atoms in total. The summed E-state index contributed by atoms with van der Waals surface area (Å²) >= 11 is 8.19. The summed E-state index contributed by atoms with van der Waals surface area (Å²) in [4.78, 5) is 1.29. The van der Waals surface area contributed by atoms with E-state index in [1.54, 1.807) is 31.3 Å². The molecule has 0 atom stereocenters. The first kappa shape index (κ1) is 15.2. The summed E-state index contributed by atoms with van der Waals surface area (Å²) in [5.74, 6) is 0. The third-order valence-electron chi connectivity index (χ3n) is 2.51. The van der Waals surface area contributed by atoms with Crippen molar-refractivity contribution in [2.45, 2.75) is 11.4 Å². The summed E-state index contributed by atoms with van der Waals surface area (Å²) in [7, 11) is -1.87. The van der Waals surface area contributed by atoms with Crippen LogP contribution in [0.4, 0.5) is 0 Å². The molecule has 0 radical (unpaired) electrons. The minimum Gasteiger partial charge on any atom is -0.207 e. The van der Waals surface area contributed by atoms with Gasteiger partial charge in [0.05, 0.1) is 8.68 Å². The summed E-state index contributed by atoms with van der Waals surface area (Å²) in [6, 6.07) is 10.6. The molecule has 7 heteroatoms. The van der Waals surface area contributed by atoms with E-state index in [9.17, 15) is 8.42 Å². The van der Waals surface area contributed by atoms with E-state index in [-0.39, 0.29) is 0 Å². The van der Waals surface area contributed by atoms with Gasteiger partial charge in [0.25, 0.3) is 0 Å². The van der Waals surface area contributed by atoms with E-state index >= 15 is 0 Å². The zero-order valence-electron chi connectivity index (χ0n) is 10.0. The Bertz CT molecular complexity index is 683. The number of thiophene rings is 1. The molecule has 102 valence electrons. The number of hydrogen-bond donors (Lipinski definition) is 0. The van der Waals surface area contributed by atoms with E-state index in [4.69, 9.17) is 0 Å². The average molecular weight is 425 g/mol. The molecule has 0 amide bonds. The van der Waals surface area contributed by atoms with Crippen molar-refractivity contribution in [3.8, 4) is 0 Å². The van der Waals surface area contributed by atoms with Crippen LogP contribution in [-0.4, -0.2) is 19.8 Å². The molecule has 0 spiro atoms. The lowest BCUT2D eigenvalue weighted by Gasteiger charge is -2.16. The molecule has 0 aliphatic rings. The van der Waals surface area contributed by atoms with Crippen molar-refractivity contribution in [1.29, 1.82) is 0 Å². The van der Waals surface area contributed by atoms with Crippen molar-refractivity contribution in [3.05, 3.63) is 49.5 Å². The third kappa shape index (κ3) is 3.66. The van der Waals surface area contributed by atoms with Gasteiger partial charge in [-0.2, -0.15) is 4.31 Å². The maximum absolute atomic E-state index is 12.4. The molecule has 0 aliphatic heterocycles. The maximum Gasteiger partial charge on any atom is 0.243 e. The first-order valence-corrected chi connectivity index (χ1v) is 9.20. The summed E-state index contributed by atoms with van der Waals surface area (Å²) in [5, 5.41) is 0. The highest BCUT2D eigenvalue weighted by atomic mass is 79.9. The number of sulfonamides is 1. The summed E-state index contributed by atoms with van der Waals surface area (Å²) in [6.07, 6.45) is 0. The lowest BCUT2D eigenvalue weighted by atomic mass is 10.4. The summed E-state index contributed by atoms with van der Waals surface area (Å²) in [5.41, 5.74) is 0. The van der Waals surface area contributed by atoms with Crippen molar-refractivity contribution in [2.75, 3.05) is 7.05 Å². The van der Waals surface area contributed by atoms with Crippen molar-refractivity contribution in [1.82, 2.24) is 4.31 Å². The van der Waals surface area contributed by atoms with Crippen LogP contribution in [0.5, 0.6) is 0 Å². The molecule has 0 bridgehead atoms. The summed E-state index contributed by atoms with van der Waals surface area (Å²) in [6.45, 7) is 0.366. The SMILES string of the molecule is CN(Cc1ccc(Br)s1)S(=O)(=O)c1cccc(Br)c1. The quantitative estimate of drug-likeness (QED) is 0.740. The number of hydrogen-bond acceptors (Lipinski definition) is 3. The Morgan fingerprint density at radius 3 is 2.53 bits per heavy atom. The predicted molar refractivity (Wildman–Crippen MR) is 84.8 cm³/mol. The van der Waals surface area contributed by atoms with E-state index < -0.39 is 10.0 Å². The van der Waals surface area contributed by atoms with Gasteiger partial charge in [0, 0.05) is 22.9 Å². The molecule has 2 aromatic rings.